The van der Waals surface area contributed by atoms with Crippen LogP contribution in [0.4, 0.5) is 0 Å². The Bertz CT molecular complexity index is 6.00. The first-order valence-corrected chi connectivity index (χ1v) is 5.89. The summed E-state index contributed by atoms with van der Waals surface area (Å²) < 4.78 is 0. The van der Waals surface area contributed by atoms with Crippen LogP contribution < -0.4 is 0 Å². The highest BCUT2D eigenvalue weighted by molar-refractivity contribution is 9.66. The average molecular weight is 228 g/mol. The van der Waals surface area contributed by atoms with E-state index in [0.29, 0.717) is 5.99 Å². The molecule has 0 N–H and O–H groups in total. The van der Waals surface area contributed by atoms with Crippen LogP contribution in [0, 0.1) is 0 Å². The van der Waals surface area contributed by atoms with Crippen LogP contribution in [0.2, 0.25) is 0 Å². The number of halogens is 3. The second kappa shape index (κ2) is 8.82. The van der Waals surface area contributed by atoms with Crippen molar-refractivity contribution in [2.24, 2.45) is 0 Å². The Balaban J connectivity index is 0. The highest BCUT2D eigenvalue weighted by Crippen LogP contribution is 2.27. The molecule has 0 radical (unpaired) electrons. The van der Waals surface area contributed by atoms with Crippen molar-refractivity contribution in [2.75, 3.05) is 0 Å². The van der Waals surface area contributed by atoms with Gasteiger partial charge in [-0.1, -0.05) is 31.0 Å². The summed E-state index contributed by atoms with van der Waals surface area (Å²) in [6, 6.07) is 0. The van der Waals surface area contributed by atoms with Gasteiger partial charge in [0, 0.05) is 5.99 Å². The Kier molecular flexibility index (Phi) is 20.3. The molecule has 0 amide bonds. The van der Waals surface area contributed by atoms with Crippen LogP contribution in [0.25, 0.3) is 0 Å². The van der Waals surface area contributed by atoms with Gasteiger partial charge >= 0.3 is 0 Å². The van der Waals surface area contributed by atoms with Gasteiger partial charge in [0.1, 0.15) is 0 Å². The lowest BCUT2D eigenvalue weighted by molar-refractivity contribution is 5.85. The van der Waals surface area contributed by atoms with Crippen LogP contribution in [0.5, 0.6) is 0 Å². The van der Waals surface area contributed by atoms with Crippen molar-refractivity contribution in [3.8, 4) is 0 Å². The van der Waals surface area contributed by atoms with Gasteiger partial charge in [0.25, 0.3) is 0 Å². The molecule has 4 heteroatoms. The maximum absolute atomic E-state index is 3.09. The first kappa shape index (κ1) is 9.19. The second-order valence-corrected chi connectivity index (χ2v) is 5.79. The van der Waals surface area contributed by atoms with E-state index in [4.69, 9.17) is 0 Å². The fraction of sp³-hybridized carbons (Fsp3) is 0. The van der Waals surface area contributed by atoms with Crippen LogP contribution in [-0.4, -0.2) is 0 Å². The van der Waals surface area contributed by atoms with Crippen LogP contribution in [0.3, 0.4) is 0 Å². The third-order valence-electron chi connectivity index (χ3n) is 0. The third-order valence-corrected chi connectivity index (χ3v) is 0. The largest absolute Gasteiger partial charge is 0.147 e. The number of hydrogen-bond acceptors (Lipinski definition) is 0. The summed E-state index contributed by atoms with van der Waals surface area (Å²) in [5.74, 6) is 0.708. The molecule has 0 spiro atoms. The summed E-state index contributed by atoms with van der Waals surface area (Å²) >= 11 is 6.18. The fourth-order valence-corrected chi connectivity index (χ4v) is 0. The molecule has 0 nitrogen and oxygen atoms in total. The van der Waals surface area contributed by atoms with Crippen LogP contribution in [-0.2, 0) is 0 Å². The van der Waals surface area contributed by atoms with E-state index in [2.05, 4.69) is 31.0 Å². The average Bonchev–Trinajstić information content (AvgIpc) is 0.918. The van der Waals surface area contributed by atoms with Gasteiger partial charge in [-0.2, -0.15) is 0 Å². The minimum Gasteiger partial charge on any atom is -0.147 e. The first-order valence-electron chi connectivity index (χ1n) is 0.378. The van der Waals surface area contributed by atoms with Crippen LogP contribution in [0.15, 0.2) is 0 Å². The van der Waals surface area contributed by atoms with Crippen molar-refractivity contribution in [1.82, 2.24) is 0 Å². The molecule has 0 rings (SSSR count). The van der Waals surface area contributed by atoms with E-state index in [9.17, 15) is 0 Å². The van der Waals surface area contributed by atoms with E-state index in [-0.39, 0.29) is 12.4 Å². The molecule has 4 heavy (non-hydrogen) atoms. The lowest BCUT2D eigenvalue weighted by Crippen LogP contribution is -0.560. The summed E-state index contributed by atoms with van der Waals surface area (Å²) in [6.07, 6.45) is 0. The molecule has 0 saturated carbocycles. The molecule has 0 aromatic heterocycles. The smallest absolute Gasteiger partial charge is 0.0203 e. The molecule has 0 heterocycles. The van der Waals surface area contributed by atoms with Crippen LogP contribution in [0.1, 0.15) is 0 Å². The quantitative estimate of drug-likeness (QED) is 0.559. The van der Waals surface area contributed by atoms with Gasteiger partial charge < -0.3 is 0 Å². The predicted octanol–water partition coefficient (Wildman–Crippen LogP) is 2.71. The second-order valence-electron chi connectivity index (χ2n) is 0.0714. The topological polar surface area (TPSA) is 0 Å². The number of rotatable bonds is 0. The summed E-state index contributed by atoms with van der Waals surface area (Å²) in [5.41, 5.74) is 0. The lowest BCUT2D eigenvalue weighted by atomic mass is 30.9. The zero-order chi connectivity index (χ0) is 2.71. The molecular weight excluding hydrogens is 226 g/mol. The highest BCUT2D eigenvalue weighted by Gasteiger charge is 1.40. The summed E-state index contributed by atoms with van der Waals surface area (Å²) in [7, 11) is 0. The third kappa shape index (κ3) is 9.36. The molecule has 0 unspecified atom stereocenters. The standard InChI is InChI=1S/Br2HP.ClH/c1-3-2;/h3H;1H. The van der Waals surface area contributed by atoms with E-state index in [0.717, 1.165) is 0 Å². The molecule has 0 atom stereocenters. The lowest BCUT2D eigenvalue weighted by Gasteiger charge is -1.43. The zero-order valence-electron chi connectivity index (χ0n) is 1.66. The van der Waals surface area contributed by atoms with E-state index < -0.39 is 0 Å². The molecule has 0 aromatic carbocycles. The SMILES string of the molecule is BrPBr.Cl. The van der Waals surface area contributed by atoms with Crippen molar-refractivity contribution in [3.63, 3.8) is 0 Å². The minimum absolute atomic E-state index is 0. The molecule has 0 fully saturated rings. The summed E-state index contributed by atoms with van der Waals surface area (Å²) in [5, 5.41) is 0. The van der Waals surface area contributed by atoms with Crippen molar-refractivity contribution < 1.29 is 0 Å². The van der Waals surface area contributed by atoms with E-state index in [1.54, 1.807) is 0 Å². The van der Waals surface area contributed by atoms with E-state index in [1.807, 2.05) is 0 Å². The molecular formula is H2Br2ClP. The Hall–Kier alpha value is 1.68. The van der Waals surface area contributed by atoms with Crippen molar-refractivity contribution in [3.05, 3.63) is 0 Å². The maximum Gasteiger partial charge on any atom is 0.0203 e. The minimum atomic E-state index is 0. The van der Waals surface area contributed by atoms with Gasteiger partial charge in [0.05, 0.1) is 0 Å². The fourth-order valence-electron chi connectivity index (χ4n) is 0. The van der Waals surface area contributed by atoms with Gasteiger partial charge in [0.15, 0.2) is 0 Å². The van der Waals surface area contributed by atoms with Crippen molar-refractivity contribution >= 4 is 49.4 Å². The maximum atomic E-state index is 3.09. The molecule has 0 saturated heterocycles. The predicted molar refractivity (Wildman–Crippen MR) is 33.4 cm³/mol. The Morgan fingerprint density at radius 1 is 1.25 bits per heavy atom. The normalized spacial score (nSPS) is 4.50. The summed E-state index contributed by atoms with van der Waals surface area (Å²) in [6.45, 7) is 0. The Morgan fingerprint density at radius 3 is 1.25 bits per heavy atom. The Morgan fingerprint density at radius 2 is 1.25 bits per heavy atom. The van der Waals surface area contributed by atoms with Crippen molar-refractivity contribution in [2.45, 2.75) is 0 Å². The molecule has 0 aliphatic rings. The highest BCUT2D eigenvalue weighted by atomic mass is 79.9. The van der Waals surface area contributed by atoms with Gasteiger partial charge in [0.2, 0.25) is 0 Å². The molecule has 0 aliphatic carbocycles. The molecule has 28 valence electrons. The molecule has 0 aliphatic heterocycles. The number of hydrogen-bond donors (Lipinski definition) is 0. The molecule has 0 aromatic rings. The monoisotopic (exact) mass is 226 g/mol. The van der Waals surface area contributed by atoms with E-state index >= 15 is 0 Å². The van der Waals surface area contributed by atoms with Crippen LogP contribution >= 0.6 is 49.4 Å². The first-order chi connectivity index (χ1) is 1.41. The van der Waals surface area contributed by atoms with Crippen molar-refractivity contribution in [1.29, 1.82) is 0 Å². The van der Waals surface area contributed by atoms with E-state index in [1.165, 1.54) is 0 Å². The van der Waals surface area contributed by atoms with Gasteiger partial charge in [-0.3, -0.25) is 0 Å². The Labute approximate surface area is 49.4 Å². The zero-order valence-corrected chi connectivity index (χ0v) is 6.65. The van der Waals surface area contributed by atoms with Gasteiger partial charge in [-0.05, 0) is 0 Å². The van der Waals surface area contributed by atoms with Gasteiger partial charge in [-0.25, -0.2) is 0 Å². The van der Waals surface area contributed by atoms with Gasteiger partial charge in [-0.15, -0.1) is 12.4 Å². The summed E-state index contributed by atoms with van der Waals surface area (Å²) in [4.78, 5) is 0. The molecule has 0 bridgehead atoms.